The molecule has 0 saturated heterocycles. The Balaban J connectivity index is 1.95. The summed E-state index contributed by atoms with van der Waals surface area (Å²) in [4.78, 5) is 0. The largest absolute Gasteiger partial charge is 0.670 e. The third kappa shape index (κ3) is 14.0. The van der Waals surface area contributed by atoms with Crippen molar-refractivity contribution in [3.63, 3.8) is 0 Å². The molecule has 0 heterocycles. The fourth-order valence-electron chi connectivity index (χ4n) is 7.18. The van der Waals surface area contributed by atoms with Crippen LogP contribution in [0.4, 0.5) is 0 Å². The van der Waals surface area contributed by atoms with Gasteiger partial charge in [0.05, 0.1) is 0 Å². The molecule has 3 aliphatic rings. The number of allylic oxidation sites excluding steroid dienone is 6. The zero-order valence-corrected chi connectivity index (χ0v) is 34.6. The number of hydrogen-bond acceptors (Lipinski definition) is 7. The molecule has 0 radical (unpaired) electrons. The maximum Gasteiger partial charge on any atom is 0.670 e. The third-order valence-corrected chi connectivity index (χ3v) is 25.4. The normalized spacial score (nSPS) is 21.8. The Morgan fingerprint density at radius 1 is 0.457 bits per heavy atom. The van der Waals surface area contributed by atoms with E-state index in [1.165, 1.54) is 82.6 Å². The average Bonchev–Trinajstić information content (AvgIpc) is 3.04. The molecule has 3 atom stereocenters. The van der Waals surface area contributed by atoms with Crippen LogP contribution in [0, 0.1) is 0 Å². The molecule has 0 N–H and O–H groups in total. The first-order valence-electron chi connectivity index (χ1n) is 18.8. The van der Waals surface area contributed by atoms with Crippen LogP contribution in [0.5, 0.6) is 0 Å². The lowest BCUT2D eigenvalue weighted by Gasteiger charge is -2.44. The van der Waals surface area contributed by atoms with Crippen molar-refractivity contribution in [1.82, 2.24) is 0 Å². The first kappa shape index (κ1) is 40.2. The van der Waals surface area contributed by atoms with E-state index >= 15 is 0 Å². The summed E-state index contributed by atoms with van der Waals surface area (Å²) in [5, 5.41) is 0. The van der Waals surface area contributed by atoms with Gasteiger partial charge in [-0.3, -0.25) is 0 Å². The second-order valence-electron chi connectivity index (χ2n) is 13.8. The Bertz CT molecular complexity index is 975. The molecule has 46 heavy (non-hydrogen) atoms. The molecule has 3 unspecified atom stereocenters. The topological polar surface area (TPSA) is 64.6 Å². The Hall–Kier alpha value is -0.192. The molecule has 0 aromatic carbocycles. The third-order valence-electron chi connectivity index (χ3n) is 9.47. The van der Waals surface area contributed by atoms with E-state index in [1.54, 1.807) is 11.1 Å². The Kier molecular flexibility index (Phi) is 17.9. The van der Waals surface area contributed by atoms with E-state index in [0.29, 0.717) is 26.4 Å². The molecule has 11 heteroatoms. The molecule has 0 saturated carbocycles. The molecule has 0 aromatic heterocycles. The van der Waals surface area contributed by atoms with Gasteiger partial charge in [-0.15, -0.1) is 0 Å². The maximum absolute atomic E-state index is 7.55. The quantitative estimate of drug-likeness (QED) is 0.0772. The van der Waals surface area contributed by atoms with Crippen LogP contribution in [0.2, 0.25) is 37.8 Å². The molecule has 266 valence electrons. The summed E-state index contributed by atoms with van der Waals surface area (Å²) in [6.07, 6.45) is 25.3. The van der Waals surface area contributed by atoms with Crippen molar-refractivity contribution in [3.8, 4) is 0 Å². The summed E-state index contributed by atoms with van der Waals surface area (Å²) in [6.45, 7) is 16.9. The minimum Gasteiger partial charge on any atom is -0.415 e. The highest BCUT2D eigenvalue weighted by molar-refractivity contribution is 6.87. The molecule has 0 spiro atoms. The molecule has 0 amide bonds. The lowest BCUT2D eigenvalue weighted by Crippen LogP contribution is -2.63. The van der Waals surface area contributed by atoms with E-state index in [0.717, 1.165) is 37.4 Å². The number of rotatable bonds is 23. The summed E-state index contributed by atoms with van der Waals surface area (Å²) in [5.41, 5.74) is 4.66. The molecule has 7 nitrogen and oxygen atoms in total. The minimum absolute atomic E-state index is 0.465. The van der Waals surface area contributed by atoms with Gasteiger partial charge in [-0.25, -0.2) is 0 Å². The second kappa shape index (κ2) is 20.5. The molecule has 0 aromatic rings. The van der Waals surface area contributed by atoms with E-state index in [1.807, 2.05) is 20.8 Å². The first-order chi connectivity index (χ1) is 22.1. The van der Waals surface area contributed by atoms with E-state index in [-0.39, 0.29) is 0 Å². The van der Waals surface area contributed by atoms with Gasteiger partial charge in [0.25, 0.3) is 0 Å². The van der Waals surface area contributed by atoms with Gasteiger partial charge in [-0.1, -0.05) is 34.9 Å². The van der Waals surface area contributed by atoms with Crippen molar-refractivity contribution in [3.05, 3.63) is 34.9 Å². The predicted octanol–water partition coefficient (Wildman–Crippen LogP) is 10.5. The van der Waals surface area contributed by atoms with Crippen LogP contribution in [0.25, 0.3) is 0 Å². The smallest absolute Gasteiger partial charge is 0.415 e. The van der Waals surface area contributed by atoms with Gasteiger partial charge in [0.15, 0.2) is 0 Å². The van der Waals surface area contributed by atoms with E-state index in [2.05, 4.69) is 44.8 Å². The van der Waals surface area contributed by atoms with Gasteiger partial charge in [-0.05, 0) is 162 Å². The highest BCUT2D eigenvalue weighted by Crippen LogP contribution is 2.37. The van der Waals surface area contributed by atoms with Crippen LogP contribution in [0.1, 0.15) is 124 Å². The van der Waals surface area contributed by atoms with E-state index in [4.69, 9.17) is 30.0 Å². The van der Waals surface area contributed by atoms with Crippen LogP contribution in [0.3, 0.4) is 0 Å². The van der Waals surface area contributed by atoms with Crippen LogP contribution in [-0.4, -0.2) is 61.2 Å². The lowest BCUT2D eigenvalue weighted by molar-refractivity contribution is 0.000609. The molecular weight excluding hydrogens is 645 g/mol. The van der Waals surface area contributed by atoms with Crippen LogP contribution < -0.4 is 0 Å². The highest BCUT2D eigenvalue weighted by atomic mass is 28.5. The maximum atomic E-state index is 7.55. The fraction of sp³-hybridized carbons (Fsp3) is 0.829. The van der Waals surface area contributed by atoms with Gasteiger partial charge in [-0.2, -0.15) is 0 Å². The molecule has 3 rings (SSSR count). The molecule has 0 bridgehead atoms. The zero-order valence-electron chi connectivity index (χ0n) is 30.6. The zero-order chi connectivity index (χ0) is 33.4. The van der Waals surface area contributed by atoms with Crippen LogP contribution in [-0.2, 0) is 30.0 Å². The predicted molar refractivity (Wildman–Crippen MR) is 198 cm³/mol. The monoisotopic (exact) mass is 712 g/mol. The summed E-state index contributed by atoms with van der Waals surface area (Å²) >= 11 is 0. The van der Waals surface area contributed by atoms with Gasteiger partial charge in [0, 0.05) is 26.4 Å². The van der Waals surface area contributed by atoms with Gasteiger partial charge >= 0.3 is 34.7 Å². The molecule has 0 fully saturated rings. The van der Waals surface area contributed by atoms with Gasteiger partial charge in [0.1, 0.15) is 0 Å². The summed E-state index contributed by atoms with van der Waals surface area (Å²) in [7, 11) is -11.8. The summed E-state index contributed by atoms with van der Waals surface area (Å²) in [6, 6.07) is 2.69. The SMILES string of the molecule is CCO[Si](C)(CCC1=CCCCC1)O[Si](C)(CCC1=CCCCC1)O[Si](C)(CCC1=CCCCC1)O[Si](OCC)(OCC)OCC. The Morgan fingerprint density at radius 3 is 1.15 bits per heavy atom. The molecular formula is C35H68O7Si4. The molecule has 3 aliphatic carbocycles. The van der Waals surface area contributed by atoms with Crippen molar-refractivity contribution in [2.45, 2.75) is 162 Å². The fourth-order valence-corrected chi connectivity index (χ4v) is 25.1. The average molecular weight is 713 g/mol. The Labute approximate surface area is 287 Å². The van der Waals surface area contributed by atoms with Crippen molar-refractivity contribution in [2.75, 3.05) is 26.4 Å². The lowest BCUT2D eigenvalue weighted by atomic mass is 9.98. The highest BCUT2D eigenvalue weighted by Gasteiger charge is 2.56. The minimum atomic E-state index is -3.44. The van der Waals surface area contributed by atoms with Crippen LogP contribution >= 0.6 is 0 Å². The van der Waals surface area contributed by atoms with Crippen molar-refractivity contribution >= 4 is 34.7 Å². The van der Waals surface area contributed by atoms with Crippen molar-refractivity contribution < 1.29 is 30.0 Å². The standard InChI is InChI=1S/C35H68O7Si4/c1-8-36-43(5,30-27-33-21-15-12-16-22-33)40-44(6,31-28-34-23-17-13-18-24-34)41-45(7,32-29-35-25-19-14-20-26-35)42-46(37-9-2,38-10-3)39-11-4/h21,23,25H,8-20,22,24,26-32H2,1-7H3. The van der Waals surface area contributed by atoms with Crippen molar-refractivity contribution in [2.24, 2.45) is 0 Å². The summed E-state index contributed by atoms with van der Waals surface area (Å²) < 4.78 is 47.5. The summed E-state index contributed by atoms with van der Waals surface area (Å²) in [5.74, 6) is 0. The second-order valence-corrected chi connectivity index (χ2v) is 26.7. The van der Waals surface area contributed by atoms with Gasteiger partial charge in [0.2, 0.25) is 0 Å². The van der Waals surface area contributed by atoms with E-state index < -0.39 is 34.7 Å². The van der Waals surface area contributed by atoms with Gasteiger partial charge < -0.3 is 30.0 Å². The Morgan fingerprint density at radius 2 is 0.804 bits per heavy atom. The first-order valence-corrected chi connectivity index (χ1v) is 28.0. The number of hydrogen-bond donors (Lipinski definition) is 0. The van der Waals surface area contributed by atoms with E-state index in [9.17, 15) is 0 Å². The van der Waals surface area contributed by atoms with Crippen molar-refractivity contribution in [1.29, 1.82) is 0 Å². The van der Waals surface area contributed by atoms with Crippen LogP contribution in [0.15, 0.2) is 34.9 Å². The molecule has 0 aliphatic heterocycles.